The maximum absolute atomic E-state index is 11.9. The van der Waals surface area contributed by atoms with Crippen LogP contribution in [0.2, 0.25) is 5.02 Å². The molecule has 2 rings (SSSR count). The third kappa shape index (κ3) is 2.80. The number of aromatic nitrogens is 2. The molecule has 1 aromatic carbocycles. The first-order chi connectivity index (χ1) is 7.99. The van der Waals surface area contributed by atoms with E-state index in [0.717, 1.165) is 0 Å². The van der Waals surface area contributed by atoms with Gasteiger partial charge in [0, 0.05) is 15.7 Å². The lowest BCUT2D eigenvalue weighted by Gasteiger charge is -2.08. The molecule has 0 atom stereocenters. The lowest BCUT2D eigenvalue weighted by molar-refractivity contribution is 0.601. The van der Waals surface area contributed by atoms with E-state index in [1.807, 2.05) is 0 Å². The van der Waals surface area contributed by atoms with E-state index in [9.17, 15) is 8.42 Å². The highest BCUT2D eigenvalue weighted by molar-refractivity contribution is 9.10. The van der Waals surface area contributed by atoms with Crippen molar-refractivity contribution in [3.05, 3.63) is 40.1 Å². The van der Waals surface area contributed by atoms with Gasteiger partial charge in [0.1, 0.15) is 4.90 Å². The van der Waals surface area contributed by atoms with Gasteiger partial charge in [0.2, 0.25) is 0 Å². The Kier molecular flexibility index (Phi) is 3.41. The van der Waals surface area contributed by atoms with Crippen molar-refractivity contribution in [1.29, 1.82) is 0 Å². The number of aromatic amines is 1. The van der Waals surface area contributed by atoms with Crippen LogP contribution in [0, 0.1) is 0 Å². The van der Waals surface area contributed by atoms with Crippen LogP contribution in [0.3, 0.4) is 0 Å². The van der Waals surface area contributed by atoms with Gasteiger partial charge in [0.25, 0.3) is 10.0 Å². The average molecular weight is 337 g/mol. The highest BCUT2D eigenvalue weighted by Gasteiger charge is 2.16. The van der Waals surface area contributed by atoms with Crippen LogP contribution in [0.15, 0.2) is 40.0 Å². The Labute approximate surface area is 111 Å². The molecular weight excluding hydrogens is 330 g/mol. The van der Waals surface area contributed by atoms with E-state index in [0.29, 0.717) is 15.2 Å². The van der Waals surface area contributed by atoms with Crippen LogP contribution in [-0.2, 0) is 10.0 Å². The van der Waals surface area contributed by atoms with Crippen LogP contribution in [-0.4, -0.2) is 18.6 Å². The molecule has 0 saturated heterocycles. The average Bonchev–Trinajstić information content (AvgIpc) is 2.76. The molecule has 0 aliphatic carbocycles. The molecule has 0 bridgehead atoms. The first kappa shape index (κ1) is 12.4. The van der Waals surface area contributed by atoms with Crippen LogP contribution >= 0.6 is 27.5 Å². The molecule has 1 heterocycles. The van der Waals surface area contributed by atoms with Gasteiger partial charge in [0.05, 0.1) is 11.9 Å². The zero-order valence-corrected chi connectivity index (χ0v) is 11.5. The summed E-state index contributed by atoms with van der Waals surface area (Å²) in [6.07, 6.45) is 2.53. The fraction of sp³-hybridized carbons (Fsp3) is 0. The summed E-state index contributed by atoms with van der Waals surface area (Å²) in [7, 11) is -3.62. The van der Waals surface area contributed by atoms with Gasteiger partial charge in [-0.3, -0.25) is 9.82 Å². The summed E-state index contributed by atoms with van der Waals surface area (Å²) in [4.78, 5) is 0.0688. The summed E-state index contributed by atoms with van der Waals surface area (Å²) in [5, 5.41) is 6.55. The van der Waals surface area contributed by atoms with Crippen molar-refractivity contribution >= 4 is 43.2 Å². The quantitative estimate of drug-likeness (QED) is 0.905. The molecule has 0 aliphatic heterocycles. The van der Waals surface area contributed by atoms with Crippen molar-refractivity contribution < 1.29 is 8.42 Å². The Morgan fingerprint density at radius 1 is 1.41 bits per heavy atom. The minimum absolute atomic E-state index is 0.0688. The van der Waals surface area contributed by atoms with Crippen LogP contribution in [0.25, 0.3) is 0 Å². The van der Waals surface area contributed by atoms with Gasteiger partial charge in [-0.25, -0.2) is 8.42 Å². The number of nitrogens with one attached hydrogen (secondary N) is 2. The first-order valence-corrected chi connectivity index (χ1v) is 7.11. The van der Waals surface area contributed by atoms with E-state index in [4.69, 9.17) is 11.6 Å². The van der Waals surface area contributed by atoms with Crippen molar-refractivity contribution in [2.45, 2.75) is 4.90 Å². The number of halogens is 2. The number of rotatable bonds is 3. The molecule has 90 valence electrons. The van der Waals surface area contributed by atoms with Crippen LogP contribution < -0.4 is 4.72 Å². The molecule has 8 heteroatoms. The predicted octanol–water partition coefficient (Wildman–Crippen LogP) is 2.63. The number of benzene rings is 1. The highest BCUT2D eigenvalue weighted by Crippen LogP contribution is 2.27. The molecule has 0 unspecified atom stereocenters. The van der Waals surface area contributed by atoms with E-state index >= 15 is 0 Å². The molecule has 0 fully saturated rings. The normalized spacial score (nSPS) is 11.4. The van der Waals surface area contributed by atoms with Gasteiger partial charge >= 0.3 is 0 Å². The number of nitrogens with zero attached hydrogens (tertiary/aromatic N) is 1. The molecule has 2 N–H and O–H groups in total. The number of hydrogen-bond acceptors (Lipinski definition) is 3. The molecule has 5 nitrogen and oxygen atoms in total. The summed E-state index contributed by atoms with van der Waals surface area (Å²) in [5.74, 6) is 0. The molecule has 0 amide bonds. The zero-order valence-electron chi connectivity index (χ0n) is 8.31. The molecule has 17 heavy (non-hydrogen) atoms. The third-order valence-corrected chi connectivity index (χ3v) is 4.18. The molecule has 2 aromatic rings. The third-order valence-electron chi connectivity index (χ3n) is 1.96. The maximum atomic E-state index is 11.9. The fourth-order valence-electron chi connectivity index (χ4n) is 1.16. The van der Waals surface area contributed by atoms with Crippen molar-refractivity contribution in [3.8, 4) is 0 Å². The lowest BCUT2D eigenvalue weighted by Crippen LogP contribution is -2.12. The smallest absolute Gasteiger partial charge is 0.265 e. The van der Waals surface area contributed by atoms with E-state index in [1.165, 1.54) is 12.4 Å². The molecule has 1 aromatic heterocycles. The molecule has 0 spiro atoms. The first-order valence-electron chi connectivity index (χ1n) is 4.46. The van der Waals surface area contributed by atoms with Gasteiger partial charge in [-0.1, -0.05) is 11.6 Å². The molecular formula is C9H7BrClN3O2S. The second-order valence-electron chi connectivity index (χ2n) is 3.16. The Balaban J connectivity index is 2.33. The monoisotopic (exact) mass is 335 g/mol. The van der Waals surface area contributed by atoms with Gasteiger partial charge in [-0.2, -0.15) is 5.10 Å². The van der Waals surface area contributed by atoms with E-state index in [2.05, 4.69) is 30.8 Å². The van der Waals surface area contributed by atoms with Crippen molar-refractivity contribution in [3.63, 3.8) is 0 Å². The summed E-state index contributed by atoms with van der Waals surface area (Å²) >= 11 is 8.99. The Morgan fingerprint density at radius 2 is 2.18 bits per heavy atom. The van der Waals surface area contributed by atoms with Crippen molar-refractivity contribution in [2.75, 3.05) is 4.72 Å². The summed E-state index contributed by atoms with van der Waals surface area (Å²) < 4.78 is 26.7. The van der Waals surface area contributed by atoms with E-state index in [1.54, 1.807) is 18.2 Å². The summed E-state index contributed by atoms with van der Waals surface area (Å²) in [6.45, 7) is 0. The number of sulfonamides is 1. The van der Waals surface area contributed by atoms with E-state index < -0.39 is 10.0 Å². The minimum atomic E-state index is -3.62. The Bertz CT molecular complexity index is 628. The van der Waals surface area contributed by atoms with Gasteiger partial charge in [-0.15, -0.1) is 0 Å². The van der Waals surface area contributed by atoms with E-state index in [-0.39, 0.29) is 4.90 Å². The number of H-pyrrole nitrogens is 1. The van der Waals surface area contributed by atoms with Gasteiger partial charge in [0.15, 0.2) is 0 Å². The second-order valence-corrected chi connectivity index (χ2v) is 6.14. The predicted molar refractivity (Wildman–Crippen MR) is 68.5 cm³/mol. The SMILES string of the molecule is O=S(=O)(Nc1ccc(Cl)cc1Br)c1cn[nH]c1. The fourth-order valence-corrected chi connectivity index (χ4v) is 3.06. The molecule has 0 aliphatic rings. The summed E-state index contributed by atoms with van der Waals surface area (Å²) in [5.41, 5.74) is 0.413. The number of hydrogen-bond donors (Lipinski definition) is 2. The van der Waals surface area contributed by atoms with Crippen LogP contribution in [0.5, 0.6) is 0 Å². The second kappa shape index (κ2) is 4.67. The topological polar surface area (TPSA) is 74.8 Å². The lowest BCUT2D eigenvalue weighted by atomic mass is 10.3. The largest absolute Gasteiger partial charge is 0.284 e. The highest BCUT2D eigenvalue weighted by atomic mass is 79.9. The Morgan fingerprint density at radius 3 is 2.76 bits per heavy atom. The molecule has 0 saturated carbocycles. The summed E-state index contributed by atoms with van der Waals surface area (Å²) in [6, 6.07) is 4.78. The number of anilines is 1. The zero-order chi connectivity index (χ0) is 12.5. The maximum Gasteiger partial charge on any atom is 0.265 e. The van der Waals surface area contributed by atoms with Crippen molar-refractivity contribution in [2.24, 2.45) is 0 Å². The molecule has 0 radical (unpaired) electrons. The van der Waals surface area contributed by atoms with Crippen LogP contribution in [0.4, 0.5) is 5.69 Å². The van der Waals surface area contributed by atoms with Gasteiger partial charge in [-0.05, 0) is 34.1 Å². The van der Waals surface area contributed by atoms with Gasteiger partial charge < -0.3 is 0 Å². The minimum Gasteiger partial charge on any atom is -0.284 e. The van der Waals surface area contributed by atoms with Crippen LogP contribution in [0.1, 0.15) is 0 Å². The van der Waals surface area contributed by atoms with Crippen molar-refractivity contribution in [1.82, 2.24) is 10.2 Å². The standard InChI is InChI=1S/C9H7BrClN3O2S/c10-8-3-6(11)1-2-9(8)14-17(15,16)7-4-12-13-5-7/h1-5,14H,(H,12,13). The Hall–Kier alpha value is -1.05.